The first-order valence-corrected chi connectivity index (χ1v) is 5.93. The van der Waals surface area contributed by atoms with Gasteiger partial charge in [-0.05, 0) is 0 Å². The number of hydrogen-bond acceptors (Lipinski definition) is 0. The van der Waals surface area contributed by atoms with Crippen LogP contribution in [0.25, 0.3) is 0 Å². The molecule has 0 spiro atoms. The first-order chi connectivity index (χ1) is 7.43. The van der Waals surface area contributed by atoms with Crippen LogP contribution in [0.15, 0.2) is 30.3 Å². The summed E-state index contributed by atoms with van der Waals surface area (Å²) in [6.07, 6.45) is 5.72. The topological polar surface area (TPSA) is 0 Å². The minimum absolute atomic E-state index is 0.996. The van der Waals surface area contributed by atoms with Gasteiger partial charge in [0.05, 0.1) is 0 Å². The van der Waals surface area contributed by atoms with E-state index in [-0.39, 0.29) is 0 Å². The molecule has 0 nitrogen and oxygen atoms in total. The second-order valence-electron chi connectivity index (χ2n) is 3.80. The van der Waals surface area contributed by atoms with Gasteiger partial charge in [-0.25, -0.2) is 0 Å². The van der Waals surface area contributed by atoms with Crippen LogP contribution in [0.3, 0.4) is 0 Å². The molecule has 15 heavy (non-hydrogen) atoms. The molecular weight excluding hydrogens is 175 g/mol. The van der Waals surface area contributed by atoms with E-state index in [4.69, 9.17) is 0 Å². The Morgan fingerprint density at radius 1 is 0.933 bits per heavy atom. The van der Waals surface area contributed by atoms with E-state index in [0.717, 1.165) is 19.3 Å². The summed E-state index contributed by atoms with van der Waals surface area (Å²) in [7, 11) is 0. The molecule has 0 aliphatic carbocycles. The summed E-state index contributed by atoms with van der Waals surface area (Å²) in [6, 6.07) is 10.6. The molecule has 0 fully saturated rings. The summed E-state index contributed by atoms with van der Waals surface area (Å²) in [5.74, 6) is 6.48. The minimum atomic E-state index is 0.996. The summed E-state index contributed by atoms with van der Waals surface area (Å²) in [5.41, 5.74) is 1.39. The van der Waals surface area contributed by atoms with Gasteiger partial charge in [0, 0.05) is 0 Å². The van der Waals surface area contributed by atoms with Crippen LogP contribution in [-0.4, -0.2) is 17.7 Å². The molecular formula is C14H17Li. The molecule has 0 unspecified atom stereocenters. The zero-order valence-corrected chi connectivity index (χ0v) is 9.63. The fourth-order valence-corrected chi connectivity index (χ4v) is 1.49. The molecule has 1 rings (SSSR count). The SMILES string of the molecule is [Li][CH2]CCCC#CCCc1ccccc1. The third-order valence-corrected chi connectivity index (χ3v) is 2.41. The third kappa shape index (κ3) is 6.46. The second kappa shape index (κ2) is 8.67. The van der Waals surface area contributed by atoms with Crippen molar-refractivity contribution in [3.05, 3.63) is 35.9 Å². The van der Waals surface area contributed by atoms with Crippen LogP contribution >= 0.6 is 0 Å². The number of rotatable bonds is 5. The summed E-state index contributed by atoms with van der Waals surface area (Å²) < 4.78 is 0. The van der Waals surface area contributed by atoms with E-state index in [1.54, 1.807) is 0 Å². The van der Waals surface area contributed by atoms with Crippen LogP contribution in [0.5, 0.6) is 0 Å². The van der Waals surface area contributed by atoms with Crippen molar-refractivity contribution in [1.29, 1.82) is 0 Å². The third-order valence-electron chi connectivity index (χ3n) is 2.41. The van der Waals surface area contributed by atoms with Crippen LogP contribution in [0, 0.1) is 11.8 Å². The maximum absolute atomic E-state index is 3.24. The molecule has 0 amide bonds. The van der Waals surface area contributed by atoms with E-state index in [2.05, 4.69) is 59.9 Å². The molecule has 0 aliphatic rings. The van der Waals surface area contributed by atoms with Gasteiger partial charge in [-0.1, -0.05) is 0 Å². The van der Waals surface area contributed by atoms with Gasteiger partial charge < -0.3 is 0 Å². The van der Waals surface area contributed by atoms with Gasteiger partial charge in [0.2, 0.25) is 0 Å². The van der Waals surface area contributed by atoms with Crippen LogP contribution in [0.4, 0.5) is 0 Å². The molecule has 1 heteroatoms. The quantitative estimate of drug-likeness (QED) is 0.381. The van der Waals surface area contributed by atoms with Gasteiger partial charge in [-0.3, -0.25) is 0 Å². The van der Waals surface area contributed by atoms with Gasteiger partial charge >= 0.3 is 103 Å². The fourth-order valence-electron chi connectivity index (χ4n) is 1.49. The molecule has 0 atom stereocenters. The van der Waals surface area contributed by atoms with E-state index >= 15 is 0 Å². The van der Waals surface area contributed by atoms with E-state index in [1.165, 1.54) is 23.5 Å². The molecule has 0 saturated carbocycles. The Kier molecular flexibility index (Phi) is 7.19. The van der Waals surface area contributed by atoms with Crippen molar-refractivity contribution in [3.8, 4) is 11.8 Å². The summed E-state index contributed by atoms with van der Waals surface area (Å²) in [6.45, 7) is 0. The average molecular weight is 192 g/mol. The fraction of sp³-hybridized carbons (Fsp3) is 0.429. The van der Waals surface area contributed by atoms with Gasteiger partial charge in [-0.15, -0.1) is 0 Å². The Morgan fingerprint density at radius 2 is 1.67 bits per heavy atom. The summed E-state index contributed by atoms with van der Waals surface area (Å²) in [4.78, 5) is 0. The van der Waals surface area contributed by atoms with Crippen molar-refractivity contribution in [2.24, 2.45) is 0 Å². The van der Waals surface area contributed by atoms with Crippen molar-refractivity contribution in [2.75, 3.05) is 0 Å². The molecule has 0 heterocycles. The number of aryl methyl sites for hydroxylation is 1. The molecule has 0 radical (unpaired) electrons. The van der Waals surface area contributed by atoms with Crippen molar-refractivity contribution in [1.82, 2.24) is 0 Å². The Balaban J connectivity index is 2.11. The van der Waals surface area contributed by atoms with Gasteiger partial charge in [-0.2, -0.15) is 0 Å². The zero-order chi connectivity index (χ0) is 10.8. The van der Waals surface area contributed by atoms with Crippen molar-refractivity contribution >= 4 is 17.7 Å². The monoisotopic (exact) mass is 192 g/mol. The summed E-state index contributed by atoms with van der Waals surface area (Å²) in [5, 5.41) is 1.28. The number of hydrogen-bond donors (Lipinski definition) is 0. The Bertz CT molecular complexity index is 305. The molecule has 0 aliphatic heterocycles. The predicted molar refractivity (Wildman–Crippen MR) is 67.0 cm³/mol. The average Bonchev–Trinajstić information content (AvgIpc) is 2.29. The van der Waals surface area contributed by atoms with Crippen molar-refractivity contribution in [3.63, 3.8) is 0 Å². The molecule has 1 aromatic carbocycles. The van der Waals surface area contributed by atoms with E-state index < -0.39 is 0 Å². The standard InChI is InChI=1S/C14H17.Li/c1-2-3-4-5-6-8-11-14-12-9-7-10-13-14;/h7,9-10,12-13H,1-4,8,11H2;. The number of unbranched alkanes of at least 4 members (excludes halogenated alkanes) is 2. The molecule has 0 aromatic heterocycles. The summed E-state index contributed by atoms with van der Waals surface area (Å²) >= 11 is 2.23. The Hall–Kier alpha value is -0.623. The zero-order valence-electron chi connectivity index (χ0n) is 9.63. The first-order valence-electron chi connectivity index (χ1n) is 5.93. The van der Waals surface area contributed by atoms with E-state index in [1.807, 2.05) is 0 Å². The van der Waals surface area contributed by atoms with Gasteiger partial charge in [0.15, 0.2) is 0 Å². The molecule has 74 valence electrons. The van der Waals surface area contributed by atoms with Crippen LogP contribution < -0.4 is 0 Å². The van der Waals surface area contributed by atoms with Crippen molar-refractivity contribution < 1.29 is 0 Å². The normalized spacial score (nSPS) is 9.47. The molecule has 0 bridgehead atoms. The maximum atomic E-state index is 3.24. The Morgan fingerprint density at radius 3 is 2.40 bits per heavy atom. The van der Waals surface area contributed by atoms with Crippen LogP contribution in [-0.2, 0) is 6.42 Å². The molecule has 0 N–H and O–H groups in total. The van der Waals surface area contributed by atoms with Crippen LogP contribution in [0.1, 0.15) is 31.2 Å². The predicted octanol–water partition coefficient (Wildman–Crippen LogP) is 3.38. The second-order valence-corrected chi connectivity index (χ2v) is 3.80. The van der Waals surface area contributed by atoms with Gasteiger partial charge in [0.1, 0.15) is 0 Å². The number of benzene rings is 1. The van der Waals surface area contributed by atoms with Crippen molar-refractivity contribution in [2.45, 2.75) is 37.2 Å². The molecule has 0 saturated heterocycles. The van der Waals surface area contributed by atoms with E-state index in [0.29, 0.717) is 0 Å². The molecule has 1 aromatic rings. The van der Waals surface area contributed by atoms with E-state index in [9.17, 15) is 0 Å². The van der Waals surface area contributed by atoms with Gasteiger partial charge in [0.25, 0.3) is 0 Å². The van der Waals surface area contributed by atoms with Crippen LogP contribution in [0.2, 0.25) is 5.09 Å². The first kappa shape index (κ1) is 12.4. The Labute approximate surface area is 103 Å².